The first kappa shape index (κ1) is 14.2. The first-order valence-corrected chi connectivity index (χ1v) is 5.40. The lowest BCUT2D eigenvalue weighted by molar-refractivity contribution is 0.197. The molecule has 5 nitrogen and oxygen atoms in total. The lowest BCUT2D eigenvalue weighted by atomic mass is 10.2. The minimum absolute atomic E-state index is 0.433. The van der Waals surface area contributed by atoms with Crippen molar-refractivity contribution in [2.75, 3.05) is 27.3 Å². The number of rotatable bonds is 6. The van der Waals surface area contributed by atoms with Crippen molar-refractivity contribution in [3.8, 4) is 0 Å². The highest BCUT2D eigenvalue weighted by atomic mass is 16.5. The molecule has 5 heteroatoms. The van der Waals surface area contributed by atoms with Crippen LogP contribution in [0.25, 0.3) is 0 Å². The van der Waals surface area contributed by atoms with Crippen LogP contribution in [0.5, 0.6) is 0 Å². The van der Waals surface area contributed by atoms with Crippen molar-refractivity contribution < 1.29 is 4.74 Å². The van der Waals surface area contributed by atoms with Crippen LogP contribution in [0, 0.1) is 0 Å². The zero-order chi connectivity index (χ0) is 11.7. The molecule has 0 fully saturated rings. The van der Waals surface area contributed by atoms with Crippen molar-refractivity contribution in [3.63, 3.8) is 0 Å². The van der Waals surface area contributed by atoms with Crippen LogP contribution < -0.4 is 11.3 Å². The second kappa shape index (κ2) is 8.49. The molecule has 0 radical (unpaired) electrons. The molecule has 0 saturated carbocycles. The van der Waals surface area contributed by atoms with Crippen LogP contribution in [0.3, 0.4) is 0 Å². The molecule has 0 aliphatic heterocycles. The molecule has 0 rings (SSSR count). The van der Waals surface area contributed by atoms with E-state index in [2.05, 4.69) is 24.3 Å². The van der Waals surface area contributed by atoms with Gasteiger partial charge in [0.05, 0.1) is 0 Å². The van der Waals surface area contributed by atoms with Gasteiger partial charge < -0.3 is 9.64 Å². The van der Waals surface area contributed by atoms with E-state index in [0.717, 1.165) is 32.0 Å². The summed E-state index contributed by atoms with van der Waals surface area (Å²) in [5.74, 6) is 6.16. The Kier molecular flexibility index (Phi) is 8.04. The van der Waals surface area contributed by atoms with Crippen LogP contribution in [0.1, 0.15) is 26.7 Å². The van der Waals surface area contributed by atoms with Gasteiger partial charge in [-0.1, -0.05) is 6.92 Å². The van der Waals surface area contributed by atoms with E-state index in [1.54, 1.807) is 7.11 Å². The number of guanidine groups is 1. The van der Waals surface area contributed by atoms with Crippen molar-refractivity contribution in [2.45, 2.75) is 32.7 Å². The number of hydrogen-bond acceptors (Lipinski definition) is 3. The number of nitrogens with two attached hydrogens (primary N) is 1. The topological polar surface area (TPSA) is 62.9 Å². The van der Waals surface area contributed by atoms with Crippen LogP contribution in [-0.2, 0) is 4.74 Å². The number of ether oxygens (including phenoxy) is 1. The van der Waals surface area contributed by atoms with Gasteiger partial charge in [-0.25, -0.2) is 5.84 Å². The molecule has 3 N–H and O–H groups in total. The minimum atomic E-state index is 0.433. The predicted molar refractivity (Wildman–Crippen MR) is 63.6 cm³/mol. The molecule has 1 unspecified atom stereocenters. The molecular weight excluding hydrogens is 192 g/mol. The zero-order valence-corrected chi connectivity index (χ0v) is 10.3. The summed E-state index contributed by atoms with van der Waals surface area (Å²) in [5, 5.41) is 0. The number of nitrogens with zero attached hydrogens (tertiary/aromatic N) is 2. The Morgan fingerprint density at radius 2 is 2.27 bits per heavy atom. The fourth-order valence-corrected chi connectivity index (χ4v) is 1.14. The Bertz CT molecular complexity index is 184. The second-order valence-corrected chi connectivity index (χ2v) is 3.56. The molecule has 0 aromatic carbocycles. The third-order valence-corrected chi connectivity index (χ3v) is 2.48. The third kappa shape index (κ3) is 5.59. The van der Waals surface area contributed by atoms with Crippen LogP contribution in [-0.4, -0.2) is 44.2 Å². The van der Waals surface area contributed by atoms with Crippen molar-refractivity contribution in [1.29, 1.82) is 0 Å². The van der Waals surface area contributed by atoms with Gasteiger partial charge in [0.2, 0.25) is 5.96 Å². The maximum Gasteiger partial charge on any atom is 0.208 e. The van der Waals surface area contributed by atoms with E-state index < -0.39 is 0 Å². The molecule has 0 spiro atoms. The van der Waals surface area contributed by atoms with E-state index in [-0.39, 0.29) is 0 Å². The number of methoxy groups -OCH3 is 1. The standard InChI is InChI=1S/C10H24N4O/c1-5-9(2)14(3)10(13-11)12-7-6-8-15-4/h9H,5-8,11H2,1-4H3,(H,12,13). The van der Waals surface area contributed by atoms with Crippen LogP contribution in [0.15, 0.2) is 4.99 Å². The maximum atomic E-state index is 5.43. The minimum Gasteiger partial charge on any atom is -0.385 e. The monoisotopic (exact) mass is 216 g/mol. The highest BCUT2D eigenvalue weighted by Gasteiger charge is 2.10. The van der Waals surface area contributed by atoms with Crippen LogP contribution in [0.4, 0.5) is 0 Å². The van der Waals surface area contributed by atoms with Crippen molar-refractivity contribution in [1.82, 2.24) is 10.3 Å². The maximum absolute atomic E-state index is 5.43. The number of hydrazine groups is 1. The Hall–Kier alpha value is -0.810. The van der Waals surface area contributed by atoms with E-state index in [1.165, 1.54) is 0 Å². The lowest BCUT2D eigenvalue weighted by Gasteiger charge is -2.26. The normalized spacial score (nSPS) is 13.8. The first-order chi connectivity index (χ1) is 7.17. The Balaban J connectivity index is 4.08. The van der Waals surface area contributed by atoms with Gasteiger partial charge in [-0.3, -0.25) is 10.4 Å². The summed E-state index contributed by atoms with van der Waals surface area (Å²) in [6.45, 7) is 5.74. The van der Waals surface area contributed by atoms with Crippen LogP contribution in [0.2, 0.25) is 0 Å². The largest absolute Gasteiger partial charge is 0.385 e. The number of aliphatic imine (C=N–C) groups is 1. The fraction of sp³-hybridized carbons (Fsp3) is 0.900. The quantitative estimate of drug-likeness (QED) is 0.224. The summed E-state index contributed by atoms with van der Waals surface area (Å²) in [7, 11) is 3.68. The van der Waals surface area contributed by atoms with Gasteiger partial charge in [-0.2, -0.15) is 0 Å². The second-order valence-electron chi connectivity index (χ2n) is 3.56. The average Bonchev–Trinajstić information content (AvgIpc) is 2.27. The molecule has 0 heterocycles. The highest BCUT2D eigenvalue weighted by Crippen LogP contribution is 2.00. The molecule has 0 aliphatic carbocycles. The SMILES string of the molecule is CCC(C)N(C)C(=NCCCOC)NN. The predicted octanol–water partition coefficient (Wildman–Crippen LogP) is 0.573. The molecule has 15 heavy (non-hydrogen) atoms. The Labute approximate surface area is 92.7 Å². The van der Waals surface area contributed by atoms with E-state index >= 15 is 0 Å². The number of hydrogen-bond donors (Lipinski definition) is 2. The van der Waals surface area contributed by atoms with Crippen molar-refractivity contribution in [3.05, 3.63) is 0 Å². The average molecular weight is 216 g/mol. The van der Waals surface area contributed by atoms with Gasteiger partial charge in [0.1, 0.15) is 0 Å². The van der Waals surface area contributed by atoms with Gasteiger partial charge >= 0.3 is 0 Å². The number of nitrogens with one attached hydrogen (secondary N) is 1. The van der Waals surface area contributed by atoms with Crippen molar-refractivity contribution >= 4 is 5.96 Å². The Morgan fingerprint density at radius 3 is 2.73 bits per heavy atom. The molecule has 0 aromatic heterocycles. The molecule has 90 valence electrons. The summed E-state index contributed by atoms with van der Waals surface area (Å²) in [4.78, 5) is 6.42. The first-order valence-electron chi connectivity index (χ1n) is 5.40. The smallest absolute Gasteiger partial charge is 0.208 e. The van der Waals surface area contributed by atoms with E-state index in [9.17, 15) is 0 Å². The summed E-state index contributed by atoms with van der Waals surface area (Å²) < 4.78 is 4.95. The summed E-state index contributed by atoms with van der Waals surface area (Å²) in [5.41, 5.74) is 2.63. The molecule has 0 amide bonds. The molecule has 0 saturated heterocycles. The highest BCUT2D eigenvalue weighted by molar-refractivity contribution is 5.79. The van der Waals surface area contributed by atoms with E-state index in [0.29, 0.717) is 6.04 Å². The van der Waals surface area contributed by atoms with Gasteiger partial charge in [0.15, 0.2) is 0 Å². The zero-order valence-electron chi connectivity index (χ0n) is 10.3. The van der Waals surface area contributed by atoms with Crippen LogP contribution >= 0.6 is 0 Å². The van der Waals surface area contributed by atoms with Gasteiger partial charge in [0.25, 0.3) is 0 Å². The van der Waals surface area contributed by atoms with Gasteiger partial charge in [-0.15, -0.1) is 0 Å². The lowest BCUT2D eigenvalue weighted by Crippen LogP contribution is -2.46. The Morgan fingerprint density at radius 1 is 1.60 bits per heavy atom. The summed E-state index contributed by atoms with van der Waals surface area (Å²) >= 11 is 0. The van der Waals surface area contributed by atoms with E-state index in [4.69, 9.17) is 10.6 Å². The van der Waals surface area contributed by atoms with Gasteiger partial charge in [-0.05, 0) is 19.8 Å². The summed E-state index contributed by atoms with van der Waals surface area (Å²) in [6, 6.07) is 0.433. The molecule has 0 bridgehead atoms. The molecular formula is C10H24N4O. The summed E-state index contributed by atoms with van der Waals surface area (Å²) in [6.07, 6.45) is 1.98. The third-order valence-electron chi connectivity index (χ3n) is 2.48. The molecule has 1 atom stereocenters. The van der Waals surface area contributed by atoms with E-state index in [1.807, 2.05) is 11.9 Å². The molecule has 0 aromatic rings. The fourth-order valence-electron chi connectivity index (χ4n) is 1.14. The van der Waals surface area contributed by atoms with Crippen molar-refractivity contribution in [2.24, 2.45) is 10.8 Å². The molecule has 0 aliphatic rings. The van der Waals surface area contributed by atoms with Gasteiger partial charge in [0, 0.05) is 33.4 Å².